The van der Waals surface area contributed by atoms with Crippen molar-refractivity contribution in [3.63, 3.8) is 0 Å². The van der Waals surface area contributed by atoms with Crippen LogP contribution in [0.1, 0.15) is 19.8 Å². The molecule has 0 saturated carbocycles. The topological polar surface area (TPSA) is 49.3 Å². The molecule has 4 heteroatoms. The van der Waals surface area contributed by atoms with Crippen LogP contribution in [0.3, 0.4) is 0 Å². The molecule has 11 heavy (non-hydrogen) atoms. The zero-order chi connectivity index (χ0) is 8.53. The first-order valence-corrected chi connectivity index (χ1v) is 4.68. The van der Waals surface area contributed by atoms with Crippen molar-refractivity contribution < 1.29 is 8.76 Å². The summed E-state index contributed by atoms with van der Waals surface area (Å²) in [6.07, 6.45) is 3.78. The molecule has 0 aliphatic rings. The first-order valence-electron chi connectivity index (χ1n) is 3.51. The van der Waals surface area contributed by atoms with Crippen LogP contribution in [-0.2, 0) is 11.1 Å². The number of hydrogen-bond donors (Lipinski definition) is 2. The van der Waals surface area contributed by atoms with Gasteiger partial charge >= 0.3 is 0 Å². The number of unbranched alkanes of at least 4 members (excludes halogenated alkanes) is 1. The maximum atomic E-state index is 10.0. The van der Waals surface area contributed by atoms with E-state index in [4.69, 9.17) is 4.55 Å². The number of hydrogen-bond acceptors (Lipinski definition) is 2. The van der Waals surface area contributed by atoms with Gasteiger partial charge in [-0.15, -0.1) is 0 Å². The largest absolute Gasteiger partial charge is 0.385 e. The van der Waals surface area contributed by atoms with E-state index in [9.17, 15) is 4.21 Å². The fraction of sp³-hybridized carbons (Fsp3) is 0.571. The van der Waals surface area contributed by atoms with Crippen molar-refractivity contribution >= 4 is 11.1 Å². The second-order valence-corrected chi connectivity index (χ2v) is 2.80. The maximum Gasteiger partial charge on any atom is 0.187 e. The highest BCUT2D eigenvalue weighted by molar-refractivity contribution is 7.82. The minimum Gasteiger partial charge on any atom is -0.385 e. The third kappa shape index (κ3) is 9.43. The lowest BCUT2D eigenvalue weighted by Crippen LogP contribution is -2.05. The molecule has 0 bridgehead atoms. The average Bonchev–Trinajstić information content (AvgIpc) is 1.96. The monoisotopic (exact) mass is 175 g/mol. The molecule has 0 aliphatic heterocycles. The lowest BCUT2D eigenvalue weighted by atomic mass is 10.3. The second-order valence-electron chi connectivity index (χ2n) is 2.01. The molecule has 64 valence electrons. The summed E-state index contributed by atoms with van der Waals surface area (Å²) in [6.45, 7) is 2.99. The van der Waals surface area contributed by atoms with Gasteiger partial charge in [-0.05, 0) is 6.42 Å². The summed E-state index contributed by atoms with van der Waals surface area (Å²) in [5.41, 5.74) is 2.53. The lowest BCUT2D eigenvalue weighted by Gasteiger charge is -1.93. The summed E-state index contributed by atoms with van der Waals surface area (Å²) in [5.74, 6) is 0. The van der Waals surface area contributed by atoms with Crippen LogP contribution in [0.2, 0.25) is 0 Å². The summed E-state index contributed by atoms with van der Waals surface area (Å²) in [4.78, 5) is 0. The van der Waals surface area contributed by atoms with Crippen molar-refractivity contribution in [2.24, 2.45) is 0 Å². The molecule has 0 saturated heterocycles. The Morgan fingerprint density at radius 3 is 3.00 bits per heavy atom. The van der Waals surface area contributed by atoms with Gasteiger partial charge in [-0.3, -0.25) is 0 Å². The number of nitrogens with one attached hydrogen (secondary N) is 1. The predicted octanol–water partition coefficient (Wildman–Crippen LogP) is 1.22. The first kappa shape index (κ1) is 10.4. The third-order valence-corrected chi connectivity index (χ3v) is 1.37. The molecule has 1 atom stereocenters. The van der Waals surface area contributed by atoms with Crippen LogP contribution < -0.4 is 5.32 Å². The quantitative estimate of drug-likeness (QED) is 0.375. The van der Waals surface area contributed by atoms with Crippen molar-refractivity contribution in [1.82, 2.24) is 5.32 Å². The zero-order valence-corrected chi connectivity index (χ0v) is 7.36. The van der Waals surface area contributed by atoms with E-state index in [0.29, 0.717) is 0 Å². The van der Waals surface area contributed by atoms with E-state index in [1.807, 2.05) is 0 Å². The fourth-order valence-corrected chi connectivity index (χ4v) is 0.687. The normalized spacial score (nSPS) is 11.5. The lowest BCUT2D eigenvalue weighted by molar-refractivity contribution is 0.574. The second kappa shape index (κ2) is 7.54. The van der Waals surface area contributed by atoms with Gasteiger partial charge in [-0.25, -0.2) is 4.21 Å². The highest BCUT2D eigenvalue weighted by atomic mass is 32.2. The molecule has 0 aromatic rings. The van der Waals surface area contributed by atoms with Gasteiger partial charge in [-0.2, -0.15) is 0 Å². The van der Waals surface area contributed by atoms with E-state index in [1.165, 1.54) is 0 Å². The van der Waals surface area contributed by atoms with Gasteiger partial charge in [-0.1, -0.05) is 19.1 Å². The third-order valence-electron chi connectivity index (χ3n) is 1.03. The van der Waals surface area contributed by atoms with Crippen LogP contribution in [0.15, 0.2) is 17.3 Å². The van der Waals surface area contributed by atoms with Crippen molar-refractivity contribution in [1.29, 1.82) is 0 Å². The van der Waals surface area contributed by atoms with Crippen molar-refractivity contribution in [2.75, 3.05) is 6.54 Å². The molecule has 0 fully saturated rings. The van der Waals surface area contributed by atoms with E-state index in [2.05, 4.69) is 18.0 Å². The minimum atomic E-state index is -1.88. The highest BCUT2D eigenvalue weighted by Crippen LogP contribution is 1.81. The molecule has 0 spiro atoms. The first-order chi connectivity index (χ1) is 5.27. The van der Waals surface area contributed by atoms with Crippen molar-refractivity contribution in [2.45, 2.75) is 19.8 Å². The van der Waals surface area contributed by atoms with E-state index >= 15 is 0 Å². The Morgan fingerprint density at radius 2 is 2.45 bits per heavy atom. The van der Waals surface area contributed by atoms with Crippen LogP contribution in [-0.4, -0.2) is 15.3 Å². The van der Waals surface area contributed by atoms with Crippen molar-refractivity contribution in [3.05, 3.63) is 17.3 Å². The van der Waals surface area contributed by atoms with Crippen LogP contribution in [0.5, 0.6) is 0 Å². The van der Waals surface area contributed by atoms with Gasteiger partial charge in [0.25, 0.3) is 0 Å². The van der Waals surface area contributed by atoms with Crippen molar-refractivity contribution in [3.8, 4) is 0 Å². The molecular weight excluding hydrogens is 162 g/mol. The minimum absolute atomic E-state index is 0.884. The smallest absolute Gasteiger partial charge is 0.187 e. The molecule has 0 aromatic carbocycles. The van der Waals surface area contributed by atoms with Gasteiger partial charge in [0.2, 0.25) is 0 Å². The standard InChI is InChI=1S/C7H13NO2S/c1-2-3-5-8-6-4-7-11(9)10/h6-8H,2-3,5H2,1H3,(H,9,10). The highest BCUT2D eigenvalue weighted by Gasteiger charge is 1.77. The van der Waals surface area contributed by atoms with Crippen LogP contribution in [0, 0.1) is 0 Å². The van der Waals surface area contributed by atoms with E-state index in [1.54, 1.807) is 6.20 Å². The van der Waals surface area contributed by atoms with Gasteiger partial charge < -0.3 is 9.87 Å². The maximum absolute atomic E-state index is 10.0. The Morgan fingerprint density at radius 1 is 1.73 bits per heavy atom. The van der Waals surface area contributed by atoms with Crippen LogP contribution in [0.25, 0.3) is 0 Å². The molecule has 1 unspecified atom stereocenters. The van der Waals surface area contributed by atoms with Crippen LogP contribution in [0.4, 0.5) is 0 Å². The SMILES string of the molecule is CCCCNC=C=CS(=O)O. The van der Waals surface area contributed by atoms with E-state index in [-0.39, 0.29) is 0 Å². The Balaban J connectivity index is 3.36. The Hall–Kier alpha value is -0.570. The zero-order valence-electron chi connectivity index (χ0n) is 6.54. The summed E-state index contributed by atoms with van der Waals surface area (Å²) in [6, 6.07) is 0. The fourth-order valence-electron chi connectivity index (χ4n) is 0.502. The summed E-state index contributed by atoms with van der Waals surface area (Å²) in [5, 5.41) is 4.01. The molecule has 0 amide bonds. The molecule has 3 nitrogen and oxygen atoms in total. The van der Waals surface area contributed by atoms with Gasteiger partial charge in [0.05, 0.1) is 5.41 Å². The molecular formula is C7H13NO2S. The molecule has 2 N–H and O–H groups in total. The summed E-state index contributed by atoms with van der Waals surface area (Å²) >= 11 is -1.88. The molecule has 0 rings (SSSR count). The van der Waals surface area contributed by atoms with Gasteiger partial charge in [0.15, 0.2) is 11.1 Å². The molecule has 0 radical (unpaired) electrons. The van der Waals surface area contributed by atoms with Crippen LogP contribution >= 0.6 is 0 Å². The summed E-state index contributed by atoms with van der Waals surface area (Å²) < 4.78 is 18.3. The van der Waals surface area contributed by atoms with E-state index in [0.717, 1.165) is 24.8 Å². The number of rotatable bonds is 5. The van der Waals surface area contributed by atoms with Gasteiger partial charge in [0.1, 0.15) is 0 Å². The van der Waals surface area contributed by atoms with Gasteiger partial charge in [0, 0.05) is 12.7 Å². The Bertz CT molecular complexity index is 173. The Kier molecular flexibility index (Phi) is 7.15. The van der Waals surface area contributed by atoms with E-state index < -0.39 is 11.1 Å². The Labute approximate surface area is 69.5 Å². The molecule has 0 aliphatic carbocycles. The molecule has 0 aromatic heterocycles. The summed E-state index contributed by atoms with van der Waals surface area (Å²) in [7, 11) is 0. The average molecular weight is 175 g/mol. The predicted molar refractivity (Wildman–Crippen MR) is 46.3 cm³/mol. The molecule has 0 heterocycles.